The molecule has 0 saturated heterocycles. The van der Waals surface area contributed by atoms with Crippen molar-refractivity contribution in [3.05, 3.63) is 100 Å². The molecule has 0 spiro atoms. The van der Waals surface area contributed by atoms with Gasteiger partial charge in [0.15, 0.2) is 0 Å². The number of carbonyl (C=O) groups excluding carboxylic acids is 1. The van der Waals surface area contributed by atoms with Gasteiger partial charge in [-0.1, -0.05) is 65.7 Å². The number of aromatic nitrogens is 2. The highest BCUT2D eigenvalue weighted by atomic mass is 35.5. The van der Waals surface area contributed by atoms with Gasteiger partial charge in [0.05, 0.1) is 16.4 Å². The molecule has 4 aromatic rings. The zero-order valence-electron chi connectivity index (χ0n) is 16.7. The first-order chi connectivity index (χ1) is 15.1. The lowest BCUT2D eigenvalue weighted by molar-refractivity contribution is 0.0953. The molecule has 0 saturated carbocycles. The Morgan fingerprint density at radius 1 is 0.935 bits per heavy atom. The maximum atomic E-state index is 12.4. The van der Waals surface area contributed by atoms with Gasteiger partial charge in [-0.15, -0.1) is 0 Å². The summed E-state index contributed by atoms with van der Waals surface area (Å²) in [5.41, 5.74) is 5.22. The third kappa shape index (κ3) is 5.35. The van der Waals surface area contributed by atoms with E-state index in [1.807, 2.05) is 54.6 Å². The number of rotatable bonds is 7. The fraction of sp³-hybridized carbons (Fsp3) is 0.120. The number of hydrogen-bond acceptors (Lipinski definition) is 2. The zero-order chi connectivity index (χ0) is 21.6. The van der Waals surface area contributed by atoms with E-state index in [1.54, 1.807) is 12.1 Å². The fourth-order valence-corrected chi connectivity index (χ4v) is 3.86. The molecule has 1 aromatic heterocycles. The average Bonchev–Trinajstić information content (AvgIpc) is 3.27. The van der Waals surface area contributed by atoms with Crippen molar-refractivity contribution in [2.45, 2.75) is 12.8 Å². The predicted molar refractivity (Wildman–Crippen MR) is 127 cm³/mol. The van der Waals surface area contributed by atoms with Gasteiger partial charge in [0, 0.05) is 28.3 Å². The Balaban J connectivity index is 1.36. The van der Waals surface area contributed by atoms with Crippen molar-refractivity contribution < 1.29 is 4.79 Å². The molecule has 31 heavy (non-hydrogen) atoms. The standard InChI is InChI=1S/C25H21Cl2N3O/c26-20-12-13-21(22(27)15-20)24-16-23(29-30-24)18-8-10-19(11-9-18)25(31)28-14-4-7-17-5-2-1-3-6-17/h1-3,5-6,8-13,15-16H,4,7,14H2,(H,28,31)(H,29,30). The van der Waals surface area contributed by atoms with Crippen LogP contribution in [0.1, 0.15) is 22.3 Å². The van der Waals surface area contributed by atoms with E-state index in [4.69, 9.17) is 23.2 Å². The van der Waals surface area contributed by atoms with Gasteiger partial charge in [-0.25, -0.2) is 0 Å². The molecule has 0 bridgehead atoms. The molecule has 1 heterocycles. The van der Waals surface area contributed by atoms with Gasteiger partial charge in [-0.3, -0.25) is 9.89 Å². The lowest BCUT2D eigenvalue weighted by atomic mass is 10.1. The number of nitrogens with one attached hydrogen (secondary N) is 2. The van der Waals surface area contributed by atoms with Gasteiger partial charge in [-0.05, 0) is 54.8 Å². The van der Waals surface area contributed by atoms with E-state index in [-0.39, 0.29) is 5.91 Å². The third-order valence-corrected chi connectivity index (χ3v) is 5.56. The second kappa shape index (κ2) is 9.82. The highest BCUT2D eigenvalue weighted by Gasteiger charge is 2.11. The molecule has 1 amide bonds. The summed E-state index contributed by atoms with van der Waals surface area (Å²) in [6.07, 6.45) is 1.84. The molecule has 0 aliphatic heterocycles. The summed E-state index contributed by atoms with van der Waals surface area (Å²) in [6.45, 7) is 0.639. The van der Waals surface area contributed by atoms with Crippen LogP contribution in [0.3, 0.4) is 0 Å². The Kier molecular flexibility index (Phi) is 6.70. The molecule has 4 rings (SSSR count). The molecule has 6 heteroatoms. The van der Waals surface area contributed by atoms with Crippen LogP contribution in [0.25, 0.3) is 22.5 Å². The fourth-order valence-electron chi connectivity index (χ4n) is 3.35. The molecule has 0 unspecified atom stereocenters. The second-order valence-corrected chi connectivity index (χ2v) is 8.06. The number of benzene rings is 3. The van der Waals surface area contributed by atoms with Gasteiger partial charge >= 0.3 is 0 Å². The van der Waals surface area contributed by atoms with Crippen molar-refractivity contribution in [1.82, 2.24) is 15.5 Å². The molecular formula is C25H21Cl2N3O. The van der Waals surface area contributed by atoms with Crippen molar-refractivity contribution in [3.8, 4) is 22.5 Å². The smallest absolute Gasteiger partial charge is 0.251 e. The minimum absolute atomic E-state index is 0.0738. The van der Waals surface area contributed by atoms with E-state index in [2.05, 4.69) is 27.6 Å². The van der Waals surface area contributed by atoms with E-state index in [1.165, 1.54) is 5.56 Å². The number of halogens is 2. The number of carbonyl (C=O) groups is 1. The Hall–Kier alpha value is -3.08. The monoisotopic (exact) mass is 449 g/mol. The summed E-state index contributed by atoms with van der Waals surface area (Å²) < 4.78 is 0. The Labute approximate surface area is 191 Å². The second-order valence-electron chi connectivity index (χ2n) is 7.21. The molecular weight excluding hydrogens is 429 g/mol. The van der Waals surface area contributed by atoms with Crippen LogP contribution < -0.4 is 5.32 Å². The zero-order valence-corrected chi connectivity index (χ0v) is 18.3. The molecule has 2 N–H and O–H groups in total. The van der Waals surface area contributed by atoms with Gasteiger partial charge in [-0.2, -0.15) is 5.10 Å². The first kappa shape index (κ1) is 21.2. The maximum Gasteiger partial charge on any atom is 0.251 e. The third-order valence-electron chi connectivity index (χ3n) is 5.01. The van der Waals surface area contributed by atoms with Crippen LogP contribution in [0.4, 0.5) is 0 Å². The van der Waals surface area contributed by atoms with E-state index in [0.29, 0.717) is 22.2 Å². The lowest BCUT2D eigenvalue weighted by Gasteiger charge is -2.06. The molecule has 4 nitrogen and oxygen atoms in total. The van der Waals surface area contributed by atoms with Crippen molar-refractivity contribution >= 4 is 29.1 Å². The number of amides is 1. The van der Waals surface area contributed by atoms with E-state index in [9.17, 15) is 4.79 Å². The highest BCUT2D eigenvalue weighted by Crippen LogP contribution is 2.31. The van der Waals surface area contributed by atoms with Crippen molar-refractivity contribution in [2.75, 3.05) is 6.54 Å². The Morgan fingerprint density at radius 2 is 1.71 bits per heavy atom. The quantitative estimate of drug-likeness (QED) is 0.320. The number of aromatic amines is 1. The SMILES string of the molecule is O=C(NCCCc1ccccc1)c1ccc(-c2cc(-c3ccc(Cl)cc3Cl)[nH]n2)cc1. The Bertz CT molecular complexity index is 1170. The molecule has 0 aliphatic carbocycles. The van der Waals surface area contributed by atoms with Crippen LogP contribution in [0.15, 0.2) is 78.9 Å². The van der Waals surface area contributed by atoms with Crippen molar-refractivity contribution in [3.63, 3.8) is 0 Å². The van der Waals surface area contributed by atoms with Gasteiger partial charge in [0.1, 0.15) is 0 Å². The number of hydrogen-bond donors (Lipinski definition) is 2. The summed E-state index contributed by atoms with van der Waals surface area (Å²) in [6, 6.07) is 24.9. The largest absolute Gasteiger partial charge is 0.352 e. The Morgan fingerprint density at radius 3 is 2.45 bits per heavy atom. The summed E-state index contributed by atoms with van der Waals surface area (Å²) >= 11 is 12.3. The molecule has 156 valence electrons. The van der Waals surface area contributed by atoms with Crippen molar-refractivity contribution in [1.29, 1.82) is 0 Å². The molecule has 3 aromatic carbocycles. The average molecular weight is 450 g/mol. The number of aryl methyl sites for hydroxylation is 1. The minimum atomic E-state index is -0.0738. The maximum absolute atomic E-state index is 12.4. The van der Waals surface area contributed by atoms with Crippen LogP contribution >= 0.6 is 23.2 Å². The van der Waals surface area contributed by atoms with Gasteiger partial charge in [0.2, 0.25) is 0 Å². The summed E-state index contributed by atoms with van der Waals surface area (Å²) in [5, 5.41) is 11.5. The van der Waals surface area contributed by atoms with Crippen LogP contribution in [-0.2, 0) is 6.42 Å². The molecule has 0 fully saturated rings. The van der Waals surface area contributed by atoms with Crippen molar-refractivity contribution in [2.24, 2.45) is 0 Å². The van der Waals surface area contributed by atoms with Gasteiger partial charge in [0.25, 0.3) is 5.91 Å². The predicted octanol–water partition coefficient (Wildman–Crippen LogP) is 6.41. The normalized spacial score (nSPS) is 10.8. The van der Waals surface area contributed by atoms with Crippen LogP contribution in [0.5, 0.6) is 0 Å². The van der Waals surface area contributed by atoms with E-state index in [0.717, 1.165) is 35.4 Å². The number of nitrogens with zero attached hydrogens (tertiary/aromatic N) is 1. The van der Waals surface area contributed by atoms with Crippen LogP contribution in [-0.4, -0.2) is 22.6 Å². The number of H-pyrrole nitrogens is 1. The van der Waals surface area contributed by atoms with E-state index < -0.39 is 0 Å². The topological polar surface area (TPSA) is 57.8 Å². The minimum Gasteiger partial charge on any atom is -0.352 e. The van der Waals surface area contributed by atoms with E-state index >= 15 is 0 Å². The van der Waals surface area contributed by atoms with Gasteiger partial charge < -0.3 is 5.32 Å². The molecule has 0 aliphatic rings. The summed E-state index contributed by atoms with van der Waals surface area (Å²) in [5.74, 6) is -0.0738. The van der Waals surface area contributed by atoms with Crippen LogP contribution in [0.2, 0.25) is 10.0 Å². The first-order valence-corrected chi connectivity index (χ1v) is 10.8. The summed E-state index contributed by atoms with van der Waals surface area (Å²) in [4.78, 5) is 12.4. The first-order valence-electron chi connectivity index (χ1n) is 10.0. The highest BCUT2D eigenvalue weighted by molar-refractivity contribution is 6.36. The molecule has 0 radical (unpaired) electrons. The van der Waals surface area contributed by atoms with Crippen LogP contribution in [0, 0.1) is 0 Å². The lowest BCUT2D eigenvalue weighted by Crippen LogP contribution is -2.24. The molecule has 0 atom stereocenters. The summed E-state index contributed by atoms with van der Waals surface area (Å²) in [7, 11) is 0.